The van der Waals surface area contributed by atoms with Gasteiger partial charge in [0.05, 0.1) is 18.6 Å². The first-order valence-electron chi connectivity index (χ1n) is 10.4. The Balaban J connectivity index is 1.71. The Morgan fingerprint density at radius 1 is 1.18 bits per heavy atom. The molecule has 0 aliphatic heterocycles. The third kappa shape index (κ3) is 6.94. The van der Waals surface area contributed by atoms with Crippen LogP contribution in [0.1, 0.15) is 32.7 Å². The van der Waals surface area contributed by atoms with Gasteiger partial charge in [-0.15, -0.1) is 10.2 Å². The van der Waals surface area contributed by atoms with Crippen LogP contribution in [0.4, 0.5) is 10.1 Å². The number of nitrogens with one attached hydrogen (secondary N) is 1. The predicted molar refractivity (Wildman–Crippen MR) is 130 cm³/mol. The number of thioether (sulfide) groups is 1. The van der Waals surface area contributed by atoms with Crippen molar-refractivity contribution < 1.29 is 18.7 Å². The van der Waals surface area contributed by atoms with Gasteiger partial charge in [-0.25, -0.2) is 4.39 Å². The van der Waals surface area contributed by atoms with Crippen LogP contribution in [0.25, 0.3) is 0 Å². The maximum absolute atomic E-state index is 13.3. The molecule has 0 aliphatic carbocycles. The average Bonchev–Trinajstić information content (AvgIpc) is 3.16. The van der Waals surface area contributed by atoms with Crippen LogP contribution in [-0.4, -0.2) is 33.5 Å². The molecule has 0 aliphatic rings. The lowest BCUT2D eigenvalue weighted by Crippen LogP contribution is -2.17. The first-order chi connectivity index (χ1) is 15.8. The third-order valence-corrected chi connectivity index (χ3v) is 6.17. The molecule has 0 fully saturated rings. The number of anilines is 1. The quantitative estimate of drug-likeness (QED) is 0.334. The van der Waals surface area contributed by atoms with Gasteiger partial charge in [0.1, 0.15) is 17.3 Å². The normalized spacial score (nSPS) is 12.0. The van der Waals surface area contributed by atoms with Gasteiger partial charge in [0, 0.05) is 17.1 Å². The van der Waals surface area contributed by atoms with Crippen LogP contribution in [0, 0.1) is 11.7 Å². The first-order valence-corrected chi connectivity index (χ1v) is 12.2. The molecule has 7 nitrogen and oxygen atoms in total. The molecule has 3 rings (SSSR count). The minimum absolute atomic E-state index is 0.130. The number of aromatic nitrogens is 3. The molecule has 0 bridgehead atoms. The van der Waals surface area contributed by atoms with Gasteiger partial charge in [-0.3, -0.25) is 4.79 Å². The van der Waals surface area contributed by atoms with E-state index in [9.17, 15) is 9.18 Å². The highest BCUT2D eigenvalue weighted by Gasteiger charge is 2.21. The summed E-state index contributed by atoms with van der Waals surface area (Å²) in [5.74, 6) is 1.91. The van der Waals surface area contributed by atoms with Gasteiger partial charge < -0.3 is 19.4 Å². The lowest BCUT2D eigenvalue weighted by molar-refractivity contribution is -0.113. The fraction of sp³-hybridized carbons (Fsp3) is 0.348. The molecule has 0 spiro atoms. The van der Waals surface area contributed by atoms with Gasteiger partial charge >= 0.3 is 0 Å². The summed E-state index contributed by atoms with van der Waals surface area (Å²) in [7, 11) is 1.61. The van der Waals surface area contributed by atoms with Gasteiger partial charge in [0.15, 0.2) is 17.1 Å². The molecule has 1 atom stereocenters. The molecule has 1 aromatic heterocycles. The predicted octanol–water partition coefficient (Wildman–Crippen LogP) is 5.72. The second-order valence-corrected chi connectivity index (χ2v) is 9.54. The molecule has 1 unspecified atom stereocenters. The molecule has 0 radical (unpaired) electrons. The number of rotatable bonds is 10. The van der Waals surface area contributed by atoms with E-state index in [1.165, 1.54) is 30.0 Å². The Labute approximate surface area is 205 Å². The number of carbonyl (C=O) groups excluding carboxylic acids is 1. The number of carbonyl (C=O) groups is 1. The Bertz CT molecular complexity index is 1110. The molecule has 0 saturated heterocycles. The molecule has 1 amide bonds. The fourth-order valence-corrected chi connectivity index (χ4v) is 4.29. The van der Waals surface area contributed by atoms with Crippen molar-refractivity contribution in [2.24, 2.45) is 5.92 Å². The maximum atomic E-state index is 13.3. The standard InChI is InChI=1S/C23H26BrFN4O3S/c1-14(2)12-29-22(15(3)32-18-7-5-6-17(11-18)31-4)27-28-23(29)33-13-21(30)26-20-9-8-16(25)10-19(20)24/h5-11,14-15H,12-13H2,1-4H3,(H,26,30). The van der Waals surface area contributed by atoms with Gasteiger partial charge in [-0.05, 0) is 59.1 Å². The highest BCUT2D eigenvalue weighted by atomic mass is 79.9. The van der Waals surface area contributed by atoms with Crippen LogP contribution in [0.15, 0.2) is 52.1 Å². The molecular weight excluding hydrogens is 511 g/mol. The third-order valence-electron chi connectivity index (χ3n) is 4.55. The van der Waals surface area contributed by atoms with Crippen LogP contribution < -0.4 is 14.8 Å². The van der Waals surface area contributed by atoms with Crippen molar-refractivity contribution in [3.05, 3.63) is 58.6 Å². The van der Waals surface area contributed by atoms with E-state index in [4.69, 9.17) is 9.47 Å². The summed E-state index contributed by atoms with van der Waals surface area (Å²) in [4.78, 5) is 12.5. The second kappa shape index (κ2) is 11.5. The average molecular weight is 537 g/mol. The zero-order valence-electron chi connectivity index (χ0n) is 18.8. The van der Waals surface area contributed by atoms with E-state index < -0.39 is 0 Å². The van der Waals surface area contributed by atoms with Crippen molar-refractivity contribution in [3.63, 3.8) is 0 Å². The molecule has 10 heteroatoms. The number of hydrogen-bond acceptors (Lipinski definition) is 6. The van der Waals surface area contributed by atoms with Crippen LogP contribution in [0.3, 0.4) is 0 Å². The molecule has 1 heterocycles. The smallest absolute Gasteiger partial charge is 0.234 e. The van der Waals surface area contributed by atoms with Gasteiger partial charge in [-0.1, -0.05) is 31.7 Å². The summed E-state index contributed by atoms with van der Waals surface area (Å²) >= 11 is 4.54. The summed E-state index contributed by atoms with van der Waals surface area (Å²) in [6.07, 6.45) is -0.360. The van der Waals surface area contributed by atoms with Crippen LogP contribution in [0.5, 0.6) is 11.5 Å². The van der Waals surface area contributed by atoms with Crippen molar-refractivity contribution in [1.82, 2.24) is 14.8 Å². The van der Waals surface area contributed by atoms with E-state index >= 15 is 0 Å². The lowest BCUT2D eigenvalue weighted by atomic mass is 10.2. The SMILES string of the molecule is COc1cccc(OC(C)c2nnc(SCC(=O)Nc3ccc(F)cc3Br)n2CC(C)C)c1. The van der Waals surface area contributed by atoms with Gasteiger partial charge in [0.2, 0.25) is 5.91 Å². The highest BCUT2D eigenvalue weighted by molar-refractivity contribution is 9.10. The first kappa shape index (κ1) is 25.0. The molecule has 1 N–H and O–H groups in total. The summed E-state index contributed by atoms with van der Waals surface area (Å²) < 4.78 is 27.1. The topological polar surface area (TPSA) is 78.3 Å². The number of nitrogens with zero attached hydrogens (tertiary/aromatic N) is 3. The minimum atomic E-state index is -0.381. The summed E-state index contributed by atoms with van der Waals surface area (Å²) in [5.41, 5.74) is 0.506. The van der Waals surface area contributed by atoms with Gasteiger partial charge in [0.25, 0.3) is 0 Å². The van der Waals surface area contributed by atoms with E-state index in [1.807, 2.05) is 35.8 Å². The molecule has 0 saturated carbocycles. The number of hydrogen-bond donors (Lipinski definition) is 1. The van der Waals surface area contributed by atoms with Crippen molar-refractivity contribution in [2.45, 2.75) is 38.6 Å². The Morgan fingerprint density at radius 3 is 2.64 bits per heavy atom. The van der Waals surface area contributed by atoms with E-state index in [-0.39, 0.29) is 23.6 Å². The number of benzene rings is 2. The summed E-state index contributed by atoms with van der Waals surface area (Å²) in [6, 6.07) is 11.5. The van der Waals surface area contributed by atoms with Crippen LogP contribution in [-0.2, 0) is 11.3 Å². The van der Waals surface area contributed by atoms with Crippen molar-refractivity contribution in [3.8, 4) is 11.5 Å². The number of ether oxygens (including phenoxy) is 2. The number of methoxy groups -OCH3 is 1. The number of halogens is 2. The van der Waals surface area contributed by atoms with Crippen molar-refractivity contribution in [1.29, 1.82) is 0 Å². The summed E-state index contributed by atoms with van der Waals surface area (Å²) in [6.45, 7) is 6.80. The van der Waals surface area contributed by atoms with Crippen LogP contribution >= 0.6 is 27.7 Å². The number of amides is 1. The molecule has 2 aromatic carbocycles. The molecule has 176 valence electrons. The lowest BCUT2D eigenvalue weighted by Gasteiger charge is -2.18. The zero-order chi connectivity index (χ0) is 24.0. The monoisotopic (exact) mass is 536 g/mol. The minimum Gasteiger partial charge on any atom is -0.497 e. The van der Waals surface area contributed by atoms with E-state index in [0.29, 0.717) is 45.1 Å². The molecular formula is C23H26BrFN4O3S. The van der Waals surface area contributed by atoms with Gasteiger partial charge in [-0.2, -0.15) is 0 Å². The fourth-order valence-electron chi connectivity index (χ4n) is 3.08. The Hall–Kier alpha value is -2.59. The maximum Gasteiger partial charge on any atom is 0.234 e. The van der Waals surface area contributed by atoms with E-state index in [0.717, 1.165) is 0 Å². The van der Waals surface area contributed by atoms with E-state index in [1.54, 1.807) is 7.11 Å². The van der Waals surface area contributed by atoms with Crippen molar-refractivity contribution >= 4 is 39.3 Å². The zero-order valence-corrected chi connectivity index (χ0v) is 21.2. The molecule has 33 heavy (non-hydrogen) atoms. The largest absolute Gasteiger partial charge is 0.497 e. The second-order valence-electron chi connectivity index (χ2n) is 7.75. The van der Waals surface area contributed by atoms with E-state index in [2.05, 4.69) is 45.3 Å². The summed E-state index contributed by atoms with van der Waals surface area (Å²) in [5, 5.41) is 12.1. The highest BCUT2D eigenvalue weighted by Crippen LogP contribution is 2.28. The Morgan fingerprint density at radius 2 is 1.94 bits per heavy atom. The van der Waals surface area contributed by atoms with Crippen LogP contribution in [0.2, 0.25) is 0 Å². The molecule has 3 aromatic rings. The Kier molecular flexibility index (Phi) is 8.74. The van der Waals surface area contributed by atoms with Crippen molar-refractivity contribution in [2.75, 3.05) is 18.2 Å².